The minimum Gasteiger partial charge on any atom is -0.487 e. The molecule has 0 radical (unpaired) electrons. The van der Waals surface area contributed by atoms with Crippen molar-refractivity contribution in [3.8, 4) is 69.0 Å². The van der Waals surface area contributed by atoms with E-state index in [1.807, 2.05) is 133 Å². The largest absolute Gasteiger partial charge is 0.487 e. The molecule has 6 aliphatic rings. The Balaban J connectivity index is 1.06. The fourth-order valence-corrected chi connectivity index (χ4v) is 18.2. The highest BCUT2D eigenvalue weighted by Crippen LogP contribution is 2.60. The molecule has 0 bridgehead atoms. The second kappa shape index (κ2) is 30.3. The molecule has 0 spiro atoms. The normalized spacial score (nSPS) is 16.9. The zero-order valence-corrected chi connectivity index (χ0v) is 64.6. The van der Waals surface area contributed by atoms with Gasteiger partial charge in [0.25, 0.3) is 23.6 Å². The summed E-state index contributed by atoms with van der Waals surface area (Å²) < 4.78 is 59.2. The number of hydrogen-bond acceptors (Lipinski definition) is 12. The molecule has 0 unspecified atom stereocenters. The number of anilines is 2. The van der Waals surface area contributed by atoms with Gasteiger partial charge in [0.15, 0.2) is 46.0 Å². The van der Waals surface area contributed by atoms with E-state index in [4.69, 9.17) is 37.9 Å². The third-order valence-electron chi connectivity index (χ3n) is 23.7. The Bertz CT molecular complexity index is 4750. The van der Waals surface area contributed by atoms with Crippen LogP contribution >= 0.6 is 0 Å². The van der Waals surface area contributed by atoms with Crippen LogP contribution in [0, 0.1) is 0 Å². The number of nitrogens with zero attached hydrogens (tertiary/aromatic N) is 2. The molecule has 2 aliphatic heterocycles. The van der Waals surface area contributed by atoms with Crippen LogP contribution in [0.4, 0.5) is 11.4 Å². The lowest BCUT2D eigenvalue weighted by molar-refractivity contribution is 0.0876. The van der Waals surface area contributed by atoms with Gasteiger partial charge < -0.3 is 37.9 Å². The van der Waals surface area contributed by atoms with Gasteiger partial charge in [-0.2, -0.15) is 0 Å². The first-order chi connectivity index (χ1) is 53.6. The monoisotopic (exact) mass is 1470 g/mol. The van der Waals surface area contributed by atoms with Crippen LogP contribution in [0.15, 0.2) is 158 Å². The number of benzene rings is 11. The van der Waals surface area contributed by atoms with Crippen LogP contribution in [0.25, 0.3) is 43.1 Å². The van der Waals surface area contributed by atoms with Crippen LogP contribution in [0.1, 0.15) is 271 Å². The summed E-state index contributed by atoms with van der Waals surface area (Å²) in [6.45, 7) is 16.7. The smallest absolute Gasteiger partial charge is 0.266 e. The summed E-state index contributed by atoms with van der Waals surface area (Å²) in [6.07, 6.45) is 19.3. The second-order valence-corrected chi connectivity index (χ2v) is 32.5. The number of carbonyl (C=O) groups excluding carboxylic acids is 4. The van der Waals surface area contributed by atoms with Gasteiger partial charge in [-0.15, -0.1) is 0 Å². The average molecular weight is 1470 g/mol. The second-order valence-electron chi connectivity index (χ2n) is 32.5. The quantitative estimate of drug-likeness (QED) is 0.0361. The molecule has 4 saturated carbocycles. The third-order valence-corrected chi connectivity index (χ3v) is 23.7. The topological polar surface area (TPSA) is 149 Å². The third kappa shape index (κ3) is 13.2. The van der Waals surface area contributed by atoms with Crippen LogP contribution in [0.3, 0.4) is 0 Å². The number of carbonyl (C=O) groups is 4. The highest BCUT2D eigenvalue weighted by molar-refractivity contribution is 6.48. The van der Waals surface area contributed by atoms with Crippen LogP contribution < -0.4 is 47.7 Å². The van der Waals surface area contributed by atoms with Gasteiger partial charge in [0, 0.05) is 43.1 Å². The Morgan fingerprint density at radius 1 is 0.245 bits per heavy atom. The van der Waals surface area contributed by atoms with Gasteiger partial charge in [-0.05, 0) is 221 Å². The molecule has 14 nitrogen and oxygen atoms in total. The lowest BCUT2D eigenvalue weighted by Crippen LogP contribution is -2.42. The number of amides is 4. The van der Waals surface area contributed by atoms with E-state index in [0.29, 0.717) is 100 Å². The first-order valence-corrected chi connectivity index (χ1v) is 40.7. The van der Waals surface area contributed by atoms with Gasteiger partial charge in [-0.25, -0.2) is 9.80 Å². The molecule has 17 rings (SSSR count). The van der Waals surface area contributed by atoms with E-state index in [1.54, 1.807) is 24.3 Å². The maximum absolute atomic E-state index is 17.0. The Labute approximate surface area is 644 Å². The fraction of sp³-hybridized carbons (Fsp3) is 0.375. The van der Waals surface area contributed by atoms with Gasteiger partial charge in [0.2, 0.25) is 0 Å². The zero-order valence-electron chi connectivity index (χ0n) is 64.6. The Kier molecular flexibility index (Phi) is 19.9. The Hall–Kier alpha value is -10.6. The maximum Gasteiger partial charge on any atom is 0.266 e. The van der Waals surface area contributed by atoms with Gasteiger partial charge in [-0.3, -0.25) is 19.2 Å². The molecule has 2 heterocycles. The van der Waals surface area contributed by atoms with Crippen LogP contribution in [0.5, 0.6) is 69.0 Å². The number of para-hydroxylation sites is 10. The number of rotatable bonds is 22. The van der Waals surface area contributed by atoms with Crippen molar-refractivity contribution >= 4 is 78.1 Å². The number of imide groups is 2. The minimum atomic E-state index is -0.559. The Morgan fingerprint density at radius 2 is 0.455 bits per heavy atom. The first kappa shape index (κ1) is 72.3. The molecule has 0 saturated heterocycles. The van der Waals surface area contributed by atoms with E-state index in [9.17, 15) is 0 Å². The standard InChI is InChI=1S/C96H98N2O12/c1-55(2)63-39-29-40-64(56(3)4)91(63)97-93(99)67-51-79(107-75-47-25-21-43-71(75)103-59-31-13-9-14-32-59)85-87-81(109-77-49-27-23-45-73(77)105-61-35-17-11-18-36-61)53-69-84-70(96(102)98(95(69)101)92-65(57(5)6)41-30-42-66(92)58(7)8)54-82(110-78-50-28-24-46-74(78)106-62-37-19-12-20-38-62)88(90(84)87)86-80(52-68(94(97)100)83(67)89(85)86)108-76-48-26-22-44-72(76)104-60-33-15-10-16-34-60/h21-30,39-62H,9-20,31-38H2,1-8H3. The maximum atomic E-state index is 17.0. The summed E-state index contributed by atoms with van der Waals surface area (Å²) in [5.41, 5.74) is 5.10. The van der Waals surface area contributed by atoms with E-state index < -0.39 is 23.6 Å². The summed E-state index contributed by atoms with van der Waals surface area (Å²) in [4.78, 5) is 70.7. The fourth-order valence-electron chi connectivity index (χ4n) is 18.2. The molecule has 0 aromatic heterocycles. The average Bonchev–Trinajstić information content (AvgIpc) is 0.669. The highest BCUT2D eigenvalue weighted by atomic mass is 16.5. The summed E-state index contributed by atoms with van der Waals surface area (Å²) >= 11 is 0. The van der Waals surface area contributed by atoms with E-state index >= 15 is 19.2 Å². The number of hydrogen-bond donors (Lipinski definition) is 0. The van der Waals surface area contributed by atoms with Crippen molar-refractivity contribution in [1.29, 1.82) is 0 Å². The van der Waals surface area contributed by atoms with Crippen molar-refractivity contribution in [3.63, 3.8) is 0 Å². The lowest BCUT2D eigenvalue weighted by atomic mass is 9.80. The molecular formula is C96H98N2O12. The SMILES string of the molecule is CC(C)c1cccc(C(C)C)c1N1C(=O)c2cc(Oc3ccccc3OC3CCCCC3)c3c4c(Oc5ccccc5OC5CCCCC5)cc5c6c(cc(Oc7ccccc7OC7CCCCC7)c(c7c(Oc8ccccc8OC8CCCCC8)cc(c2c37)C1=O)c64)C(=O)N(c1c(C(C)C)cccc1C(C)C)C5=O. The molecule has 110 heavy (non-hydrogen) atoms. The molecule has 14 heteroatoms. The molecule has 4 fully saturated rings. The van der Waals surface area contributed by atoms with Crippen molar-refractivity contribution in [1.82, 2.24) is 0 Å². The van der Waals surface area contributed by atoms with Crippen molar-refractivity contribution in [2.45, 2.75) is 232 Å². The zero-order chi connectivity index (χ0) is 75.6. The van der Waals surface area contributed by atoms with E-state index in [1.165, 1.54) is 9.80 Å². The molecule has 4 amide bonds. The van der Waals surface area contributed by atoms with E-state index in [-0.39, 0.29) is 93.3 Å². The molecule has 11 aromatic rings. The number of fused-ring (bicyclic) bond motifs is 2. The molecule has 0 atom stereocenters. The van der Waals surface area contributed by atoms with Crippen molar-refractivity contribution in [2.24, 2.45) is 0 Å². The predicted molar refractivity (Wildman–Crippen MR) is 435 cm³/mol. The van der Waals surface area contributed by atoms with Crippen LogP contribution in [-0.2, 0) is 0 Å². The van der Waals surface area contributed by atoms with Gasteiger partial charge in [0.05, 0.1) is 58.0 Å². The molecule has 0 N–H and O–H groups in total. The van der Waals surface area contributed by atoms with Gasteiger partial charge in [0.1, 0.15) is 23.0 Å². The van der Waals surface area contributed by atoms with Crippen molar-refractivity contribution in [2.75, 3.05) is 9.80 Å². The molecule has 4 aliphatic carbocycles. The minimum absolute atomic E-state index is 0.0879. The summed E-state index contributed by atoms with van der Waals surface area (Å²) in [5, 5.41) is 3.02. The predicted octanol–water partition coefficient (Wildman–Crippen LogP) is 25.8. The van der Waals surface area contributed by atoms with Crippen LogP contribution in [-0.4, -0.2) is 48.0 Å². The van der Waals surface area contributed by atoms with E-state index in [0.717, 1.165) is 151 Å². The van der Waals surface area contributed by atoms with Gasteiger partial charge >= 0.3 is 0 Å². The molecular weight excluding hydrogens is 1370 g/mol. The van der Waals surface area contributed by atoms with Crippen LogP contribution in [0.2, 0.25) is 0 Å². The summed E-state index contributed by atoms with van der Waals surface area (Å²) in [7, 11) is 0. The lowest BCUT2D eigenvalue weighted by Gasteiger charge is -2.35. The first-order valence-electron chi connectivity index (χ1n) is 40.7. The molecule has 564 valence electrons. The van der Waals surface area contributed by atoms with E-state index in [2.05, 4.69) is 55.4 Å². The summed E-state index contributed by atoms with van der Waals surface area (Å²) in [6, 6.07) is 49.8. The highest BCUT2D eigenvalue weighted by Gasteiger charge is 2.45. The van der Waals surface area contributed by atoms with Crippen molar-refractivity contribution in [3.05, 3.63) is 202 Å². The summed E-state index contributed by atoms with van der Waals surface area (Å²) in [5.74, 6) is 1.62. The van der Waals surface area contributed by atoms with Crippen molar-refractivity contribution < 1.29 is 57.1 Å². The van der Waals surface area contributed by atoms with Gasteiger partial charge in [-0.1, -0.05) is 166 Å². The number of ether oxygens (including phenoxy) is 8. The Morgan fingerprint density at radius 3 is 0.664 bits per heavy atom. The molecule has 11 aromatic carbocycles.